The van der Waals surface area contributed by atoms with Crippen molar-refractivity contribution < 1.29 is 13.5 Å². The first-order valence-electron chi connectivity index (χ1n) is 6.01. The van der Waals surface area contributed by atoms with Gasteiger partial charge in [-0.25, -0.2) is 8.42 Å². The molecule has 0 amide bonds. The van der Waals surface area contributed by atoms with Gasteiger partial charge in [-0.2, -0.15) is 5.10 Å². The van der Waals surface area contributed by atoms with Crippen LogP contribution < -0.4 is 4.72 Å². The predicted octanol–water partition coefficient (Wildman–Crippen LogP) is 2.50. The summed E-state index contributed by atoms with van der Waals surface area (Å²) >= 11 is 11.8. The van der Waals surface area contributed by atoms with E-state index in [1.165, 1.54) is 18.3 Å². The van der Waals surface area contributed by atoms with Crippen molar-refractivity contribution in [3.8, 4) is 0 Å². The second-order valence-corrected chi connectivity index (χ2v) is 6.69. The minimum absolute atomic E-state index is 0.0208. The molecule has 6 nitrogen and oxygen atoms in total. The number of hydrogen-bond acceptors (Lipinski definition) is 4. The second-order valence-electron chi connectivity index (χ2n) is 4.22. The van der Waals surface area contributed by atoms with Gasteiger partial charge in [0.25, 0.3) is 10.0 Å². The summed E-state index contributed by atoms with van der Waals surface area (Å²) in [6.45, 7) is 2.12. The highest BCUT2D eigenvalue weighted by Crippen LogP contribution is 2.29. The van der Waals surface area contributed by atoms with Gasteiger partial charge in [0.2, 0.25) is 0 Å². The lowest BCUT2D eigenvalue weighted by molar-refractivity contribution is 0.281. The first kappa shape index (κ1) is 16.1. The number of sulfonamides is 1. The Hall–Kier alpha value is -1.28. The Morgan fingerprint density at radius 2 is 2.05 bits per heavy atom. The lowest BCUT2D eigenvalue weighted by atomic mass is 10.2. The van der Waals surface area contributed by atoms with Crippen molar-refractivity contribution in [2.24, 2.45) is 0 Å². The van der Waals surface area contributed by atoms with Gasteiger partial charge in [-0.1, -0.05) is 23.2 Å². The molecule has 2 rings (SSSR count). The monoisotopic (exact) mass is 349 g/mol. The third kappa shape index (κ3) is 3.49. The molecule has 0 aliphatic heterocycles. The van der Waals surface area contributed by atoms with E-state index in [9.17, 15) is 8.42 Å². The largest absolute Gasteiger partial charge is 0.392 e. The molecule has 0 atom stereocenters. The zero-order valence-corrected chi connectivity index (χ0v) is 13.4. The van der Waals surface area contributed by atoms with Crippen molar-refractivity contribution in [2.45, 2.75) is 25.0 Å². The van der Waals surface area contributed by atoms with Gasteiger partial charge in [-0.05, 0) is 24.6 Å². The number of anilines is 1. The average molecular weight is 350 g/mol. The maximum Gasteiger partial charge on any atom is 0.263 e. The third-order valence-corrected chi connectivity index (χ3v) is 4.97. The Labute approximate surface area is 132 Å². The van der Waals surface area contributed by atoms with Gasteiger partial charge in [-0.15, -0.1) is 0 Å². The van der Waals surface area contributed by atoms with Crippen LogP contribution in [0, 0.1) is 0 Å². The number of hydrogen-bond donors (Lipinski definition) is 2. The van der Waals surface area contributed by atoms with Gasteiger partial charge in [0.1, 0.15) is 4.90 Å². The fourth-order valence-corrected chi connectivity index (χ4v) is 3.58. The maximum absolute atomic E-state index is 12.3. The number of halogens is 2. The normalized spacial score (nSPS) is 11.6. The number of aliphatic hydroxyl groups excluding tert-OH is 1. The quantitative estimate of drug-likeness (QED) is 0.868. The summed E-state index contributed by atoms with van der Waals surface area (Å²) in [5, 5.41) is 13.3. The summed E-state index contributed by atoms with van der Waals surface area (Å²) in [7, 11) is -3.89. The molecular weight excluding hydrogens is 337 g/mol. The number of aromatic nitrogens is 2. The highest BCUT2D eigenvalue weighted by Gasteiger charge is 2.20. The molecule has 1 heterocycles. The Balaban J connectivity index is 2.39. The SMILES string of the molecule is CCn1cc(NS(=O)(=O)c2cc(CO)c(Cl)cc2Cl)cn1. The molecule has 0 unspecified atom stereocenters. The minimum Gasteiger partial charge on any atom is -0.392 e. The van der Waals surface area contributed by atoms with E-state index in [0.29, 0.717) is 12.2 Å². The summed E-state index contributed by atoms with van der Waals surface area (Å²) in [6, 6.07) is 2.54. The van der Waals surface area contributed by atoms with Crippen LogP contribution in [0.4, 0.5) is 5.69 Å². The van der Waals surface area contributed by atoms with E-state index in [1.54, 1.807) is 10.9 Å². The summed E-state index contributed by atoms with van der Waals surface area (Å²) in [5.41, 5.74) is 0.610. The molecule has 114 valence electrons. The van der Waals surface area contributed by atoms with E-state index >= 15 is 0 Å². The van der Waals surface area contributed by atoms with E-state index in [2.05, 4.69) is 9.82 Å². The molecule has 0 radical (unpaired) electrons. The zero-order chi connectivity index (χ0) is 15.6. The highest BCUT2D eigenvalue weighted by atomic mass is 35.5. The number of aliphatic hydroxyl groups is 1. The predicted molar refractivity (Wildman–Crippen MR) is 81.1 cm³/mol. The van der Waals surface area contributed by atoms with Crippen LogP contribution in [-0.2, 0) is 23.2 Å². The maximum atomic E-state index is 12.3. The van der Waals surface area contributed by atoms with Gasteiger partial charge in [0, 0.05) is 17.8 Å². The first-order chi connectivity index (χ1) is 9.87. The van der Waals surface area contributed by atoms with Crippen LogP contribution in [0.3, 0.4) is 0 Å². The number of nitrogens with zero attached hydrogens (tertiary/aromatic N) is 2. The van der Waals surface area contributed by atoms with Crippen molar-refractivity contribution in [3.63, 3.8) is 0 Å². The first-order valence-corrected chi connectivity index (χ1v) is 8.25. The molecule has 1 aromatic heterocycles. The van der Waals surface area contributed by atoms with E-state index in [-0.39, 0.29) is 27.1 Å². The molecular formula is C12H13Cl2N3O3S. The molecule has 2 aromatic rings. The number of aryl methyl sites for hydroxylation is 1. The summed E-state index contributed by atoms with van der Waals surface area (Å²) in [6.07, 6.45) is 2.96. The lowest BCUT2D eigenvalue weighted by Crippen LogP contribution is -2.13. The van der Waals surface area contributed by atoms with E-state index < -0.39 is 10.0 Å². The number of rotatable bonds is 5. The second kappa shape index (κ2) is 6.23. The Morgan fingerprint density at radius 1 is 1.33 bits per heavy atom. The molecule has 9 heteroatoms. The Morgan fingerprint density at radius 3 is 2.62 bits per heavy atom. The molecule has 1 aromatic carbocycles. The van der Waals surface area contributed by atoms with Crippen LogP contribution in [-0.4, -0.2) is 23.3 Å². The van der Waals surface area contributed by atoms with Gasteiger partial charge in [0.15, 0.2) is 0 Å². The van der Waals surface area contributed by atoms with Gasteiger partial charge in [-0.3, -0.25) is 9.40 Å². The molecule has 2 N–H and O–H groups in total. The topological polar surface area (TPSA) is 84.2 Å². The van der Waals surface area contributed by atoms with Crippen LogP contribution in [0.15, 0.2) is 29.4 Å². The summed E-state index contributed by atoms with van der Waals surface area (Å²) in [5.74, 6) is 0. The van der Waals surface area contributed by atoms with Crippen LogP contribution in [0.1, 0.15) is 12.5 Å². The van der Waals surface area contributed by atoms with Crippen LogP contribution in [0.5, 0.6) is 0 Å². The third-order valence-electron chi connectivity index (χ3n) is 2.77. The van der Waals surface area contributed by atoms with E-state index in [4.69, 9.17) is 28.3 Å². The molecule has 0 saturated heterocycles. The smallest absolute Gasteiger partial charge is 0.263 e. The molecule has 0 aliphatic carbocycles. The molecule has 0 aliphatic rings. The van der Waals surface area contributed by atoms with E-state index in [0.717, 1.165) is 0 Å². The van der Waals surface area contributed by atoms with Crippen molar-refractivity contribution >= 4 is 38.9 Å². The molecule has 0 fully saturated rings. The van der Waals surface area contributed by atoms with Crippen molar-refractivity contribution in [2.75, 3.05) is 4.72 Å². The molecule has 0 bridgehead atoms. The van der Waals surface area contributed by atoms with E-state index in [1.807, 2.05) is 6.92 Å². The van der Waals surface area contributed by atoms with Crippen LogP contribution in [0.25, 0.3) is 0 Å². The van der Waals surface area contributed by atoms with Crippen molar-refractivity contribution in [3.05, 3.63) is 40.1 Å². The summed E-state index contributed by atoms with van der Waals surface area (Å²) in [4.78, 5) is -0.151. The van der Waals surface area contributed by atoms with Crippen molar-refractivity contribution in [1.82, 2.24) is 9.78 Å². The summed E-state index contributed by atoms with van der Waals surface area (Å²) < 4.78 is 28.6. The van der Waals surface area contributed by atoms with Crippen LogP contribution >= 0.6 is 23.2 Å². The van der Waals surface area contributed by atoms with Gasteiger partial charge < -0.3 is 5.11 Å². The van der Waals surface area contributed by atoms with Crippen LogP contribution in [0.2, 0.25) is 10.0 Å². The minimum atomic E-state index is -3.89. The Bertz CT molecular complexity index is 759. The molecule has 0 saturated carbocycles. The fourth-order valence-electron chi connectivity index (χ4n) is 1.70. The van der Waals surface area contributed by atoms with Gasteiger partial charge in [0.05, 0.1) is 23.5 Å². The standard InChI is InChI=1S/C12H13Cl2N3O3S/c1-2-17-6-9(5-15-17)16-21(19,20)12-3-8(7-18)10(13)4-11(12)14/h3-6,16,18H,2,7H2,1H3. The Kier molecular flexibility index (Phi) is 4.77. The molecule has 0 spiro atoms. The lowest BCUT2D eigenvalue weighted by Gasteiger charge is -2.10. The average Bonchev–Trinajstić information content (AvgIpc) is 2.85. The fraction of sp³-hybridized carbons (Fsp3) is 0.250. The number of benzene rings is 1. The number of nitrogens with one attached hydrogen (secondary N) is 1. The molecule has 21 heavy (non-hydrogen) atoms. The highest BCUT2D eigenvalue weighted by molar-refractivity contribution is 7.92. The zero-order valence-electron chi connectivity index (χ0n) is 11.0. The van der Waals surface area contributed by atoms with Gasteiger partial charge >= 0.3 is 0 Å². The van der Waals surface area contributed by atoms with Crippen molar-refractivity contribution in [1.29, 1.82) is 0 Å².